The molecule has 2 heterocycles. The van der Waals surface area contributed by atoms with Gasteiger partial charge in [-0.2, -0.15) is 5.26 Å². The van der Waals surface area contributed by atoms with Crippen molar-refractivity contribution >= 4 is 17.8 Å². The van der Waals surface area contributed by atoms with Gasteiger partial charge in [0.15, 0.2) is 0 Å². The summed E-state index contributed by atoms with van der Waals surface area (Å²) < 4.78 is 8.19. The van der Waals surface area contributed by atoms with Gasteiger partial charge in [0.05, 0.1) is 10.6 Å². The molecule has 0 aliphatic heterocycles. The van der Waals surface area contributed by atoms with E-state index in [1.54, 1.807) is 18.3 Å². The number of hydrogen-bond acceptors (Lipinski definition) is 5. The molecule has 0 N–H and O–H groups in total. The van der Waals surface area contributed by atoms with E-state index in [9.17, 15) is 15.4 Å². The fraction of sp³-hybridized carbons (Fsp3) is 0.0968. The molecular formula is C31H24N4O3. The van der Waals surface area contributed by atoms with Gasteiger partial charge < -0.3 is 8.98 Å². The summed E-state index contributed by atoms with van der Waals surface area (Å²) in [5.74, 6) is 0.805. The Morgan fingerprint density at radius 2 is 1.61 bits per heavy atom. The van der Waals surface area contributed by atoms with Crippen molar-refractivity contribution in [3.05, 3.63) is 123 Å². The number of nitro benzene ring substituents is 1. The Morgan fingerprint density at radius 1 is 0.947 bits per heavy atom. The number of hydrogen-bond donors (Lipinski definition) is 0. The van der Waals surface area contributed by atoms with E-state index in [0.29, 0.717) is 16.9 Å². The monoisotopic (exact) mass is 500 g/mol. The number of aromatic nitrogens is 1. The SMILES string of the molecule is Cc1ccc([N+](=O)[O-])cc1-n1c(C)cc(C=Nc2oc(-c3ccccc3)c(-c3ccccc3)c2C#N)c1C. The van der Waals surface area contributed by atoms with Crippen molar-refractivity contribution in [3.63, 3.8) is 0 Å². The van der Waals surface area contributed by atoms with Crippen LogP contribution in [0.5, 0.6) is 0 Å². The van der Waals surface area contributed by atoms with Crippen LogP contribution >= 0.6 is 0 Å². The number of aliphatic imine (C=N–C) groups is 1. The molecule has 0 radical (unpaired) electrons. The van der Waals surface area contributed by atoms with Crippen LogP contribution in [0.3, 0.4) is 0 Å². The van der Waals surface area contributed by atoms with Crippen molar-refractivity contribution in [1.82, 2.24) is 4.57 Å². The van der Waals surface area contributed by atoms with E-state index in [2.05, 4.69) is 11.1 Å². The topological polar surface area (TPSA) is 97.4 Å². The second-order valence-corrected chi connectivity index (χ2v) is 8.98. The third kappa shape index (κ3) is 4.40. The third-order valence-corrected chi connectivity index (χ3v) is 6.54. The van der Waals surface area contributed by atoms with Gasteiger partial charge in [-0.15, -0.1) is 0 Å². The number of nitriles is 1. The molecule has 0 unspecified atom stereocenters. The zero-order valence-corrected chi connectivity index (χ0v) is 21.2. The van der Waals surface area contributed by atoms with Crippen LogP contribution in [0.25, 0.3) is 28.1 Å². The summed E-state index contributed by atoms with van der Waals surface area (Å²) >= 11 is 0. The Bertz CT molecular complexity index is 1720. The Morgan fingerprint density at radius 3 is 2.24 bits per heavy atom. The average molecular weight is 501 g/mol. The van der Waals surface area contributed by atoms with Crippen LogP contribution in [0.2, 0.25) is 0 Å². The molecule has 0 amide bonds. The Balaban J connectivity index is 1.62. The molecule has 0 saturated carbocycles. The second-order valence-electron chi connectivity index (χ2n) is 8.98. The highest BCUT2D eigenvalue weighted by atomic mass is 16.6. The van der Waals surface area contributed by atoms with E-state index in [-0.39, 0.29) is 11.6 Å². The number of furan rings is 1. The molecule has 7 heteroatoms. The summed E-state index contributed by atoms with van der Waals surface area (Å²) in [6.45, 7) is 5.80. The predicted octanol–water partition coefficient (Wildman–Crippen LogP) is 7.86. The van der Waals surface area contributed by atoms with Gasteiger partial charge >= 0.3 is 0 Å². The second kappa shape index (κ2) is 10.0. The Kier molecular flexibility index (Phi) is 6.46. The lowest BCUT2D eigenvalue weighted by Crippen LogP contribution is -2.03. The first-order chi connectivity index (χ1) is 18.4. The standard InChI is InChI=1S/C31H24N4O3/c1-20-14-15-26(35(36)37)17-28(20)34-21(2)16-25(22(34)3)19-33-31-27(18-32)29(23-10-6-4-7-11-23)30(38-31)24-12-8-5-9-13-24/h4-17,19H,1-3H3. The van der Waals surface area contributed by atoms with Crippen LogP contribution in [0.1, 0.15) is 28.1 Å². The maximum absolute atomic E-state index is 11.4. The minimum Gasteiger partial charge on any atom is -0.436 e. The van der Waals surface area contributed by atoms with Crippen LogP contribution < -0.4 is 0 Å². The summed E-state index contributed by atoms with van der Waals surface area (Å²) in [6.07, 6.45) is 1.68. The first-order valence-corrected chi connectivity index (χ1v) is 12.0. The molecule has 5 aromatic rings. The van der Waals surface area contributed by atoms with E-state index in [1.165, 1.54) is 6.07 Å². The molecule has 0 bridgehead atoms. The number of rotatable bonds is 6. The highest BCUT2D eigenvalue weighted by molar-refractivity contribution is 5.90. The third-order valence-electron chi connectivity index (χ3n) is 6.54. The highest BCUT2D eigenvalue weighted by Crippen LogP contribution is 2.42. The Labute approximate surface area is 220 Å². The van der Waals surface area contributed by atoms with Gasteiger partial charge in [-0.3, -0.25) is 10.1 Å². The predicted molar refractivity (Wildman–Crippen MR) is 148 cm³/mol. The average Bonchev–Trinajstić information content (AvgIpc) is 3.44. The van der Waals surface area contributed by atoms with Crippen molar-refractivity contribution < 1.29 is 9.34 Å². The number of nitrogens with zero attached hydrogens (tertiary/aromatic N) is 4. The van der Waals surface area contributed by atoms with E-state index in [0.717, 1.165) is 39.3 Å². The molecule has 186 valence electrons. The van der Waals surface area contributed by atoms with Crippen LogP contribution in [-0.2, 0) is 0 Å². The van der Waals surface area contributed by atoms with Crippen molar-refractivity contribution in [1.29, 1.82) is 5.26 Å². The highest BCUT2D eigenvalue weighted by Gasteiger charge is 2.23. The van der Waals surface area contributed by atoms with Gasteiger partial charge in [0, 0.05) is 46.4 Å². The van der Waals surface area contributed by atoms with Crippen molar-refractivity contribution in [3.8, 4) is 34.2 Å². The molecule has 0 saturated heterocycles. The summed E-state index contributed by atoms with van der Waals surface area (Å²) in [7, 11) is 0. The normalized spacial score (nSPS) is 11.1. The van der Waals surface area contributed by atoms with Crippen LogP contribution in [0.15, 0.2) is 94.3 Å². The summed E-state index contributed by atoms with van der Waals surface area (Å²) in [4.78, 5) is 15.6. The van der Waals surface area contributed by atoms with Crippen molar-refractivity contribution in [2.75, 3.05) is 0 Å². The minimum absolute atomic E-state index is 0.0319. The van der Waals surface area contributed by atoms with Gasteiger partial charge in [-0.1, -0.05) is 66.7 Å². The quantitative estimate of drug-likeness (QED) is 0.135. The molecule has 38 heavy (non-hydrogen) atoms. The fourth-order valence-corrected chi connectivity index (χ4v) is 4.66. The first kappa shape index (κ1) is 24.5. The van der Waals surface area contributed by atoms with Gasteiger partial charge in [0.25, 0.3) is 5.69 Å². The smallest absolute Gasteiger partial charge is 0.271 e. The molecule has 0 aliphatic rings. The number of nitro groups is 1. The molecule has 2 aromatic heterocycles. The lowest BCUT2D eigenvalue weighted by atomic mass is 9.98. The molecular weight excluding hydrogens is 476 g/mol. The van der Waals surface area contributed by atoms with Crippen molar-refractivity contribution in [2.24, 2.45) is 4.99 Å². The maximum Gasteiger partial charge on any atom is 0.271 e. The molecule has 0 spiro atoms. The van der Waals surface area contributed by atoms with Gasteiger partial charge in [0.2, 0.25) is 5.88 Å². The number of aryl methyl sites for hydroxylation is 2. The van der Waals surface area contributed by atoms with Gasteiger partial charge in [0.1, 0.15) is 17.4 Å². The molecule has 3 aromatic carbocycles. The molecule has 0 fully saturated rings. The summed E-state index contributed by atoms with van der Waals surface area (Å²) in [5.41, 5.74) is 7.05. The van der Waals surface area contributed by atoms with Gasteiger partial charge in [-0.05, 0) is 38.0 Å². The first-order valence-electron chi connectivity index (χ1n) is 12.0. The minimum atomic E-state index is -0.394. The largest absolute Gasteiger partial charge is 0.436 e. The van der Waals surface area contributed by atoms with E-state index in [1.807, 2.05) is 92.1 Å². The lowest BCUT2D eigenvalue weighted by Gasteiger charge is -2.12. The summed E-state index contributed by atoms with van der Waals surface area (Å²) in [5, 5.41) is 21.5. The molecule has 0 atom stereocenters. The van der Waals surface area contributed by atoms with Crippen LogP contribution in [-0.4, -0.2) is 15.7 Å². The number of benzene rings is 3. The zero-order chi connectivity index (χ0) is 26.8. The molecule has 7 nitrogen and oxygen atoms in total. The molecule has 0 aliphatic carbocycles. The lowest BCUT2D eigenvalue weighted by molar-refractivity contribution is -0.384. The number of non-ortho nitro benzene ring substituents is 1. The zero-order valence-electron chi connectivity index (χ0n) is 21.2. The van der Waals surface area contributed by atoms with Crippen molar-refractivity contribution in [2.45, 2.75) is 20.8 Å². The fourth-order valence-electron chi connectivity index (χ4n) is 4.66. The van der Waals surface area contributed by atoms with Crippen LogP contribution in [0, 0.1) is 42.2 Å². The van der Waals surface area contributed by atoms with Crippen LogP contribution in [0.4, 0.5) is 11.6 Å². The van der Waals surface area contributed by atoms with E-state index in [4.69, 9.17) is 4.42 Å². The maximum atomic E-state index is 11.4. The van der Waals surface area contributed by atoms with E-state index < -0.39 is 4.92 Å². The Hall–Kier alpha value is -5.22. The van der Waals surface area contributed by atoms with E-state index >= 15 is 0 Å². The summed E-state index contributed by atoms with van der Waals surface area (Å²) in [6, 6.07) is 28.4. The van der Waals surface area contributed by atoms with Gasteiger partial charge in [-0.25, -0.2) is 4.99 Å². The molecule has 5 rings (SSSR count).